The molecule has 1 N–H and O–H groups in total. The molecule has 5 rings (SSSR count). The number of carboxylic acid groups (broad SMARTS) is 1. The fourth-order valence-electron chi connectivity index (χ4n) is 5.10. The molecule has 34 heavy (non-hydrogen) atoms. The van der Waals surface area contributed by atoms with E-state index < -0.39 is 11.9 Å². The molecular weight excluding hydrogens is 436 g/mol. The largest absolute Gasteiger partial charge is 0.478 e. The molecule has 0 amide bonds. The van der Waals surface area contributed by atoms with E-state index >= 15 is 0 Å². The Bertz CT molecular complexity index is 1200. The van der Waals surface area contributed by atoms with E-state index in [-0.39, 0.29) is 13.1 Å². The summed E-state index contributed by atoms with van der Waals surface area (Å²) >= 11 is 0. The number of aromatic carboxylic acids is 1. The minimum absolute atomic E-state index is 0.216. The number of benzene rings is 2. The van der Waals surface area contributed by atoms with Crippen molar-refractivity contribution in [2.45, 2.75) is 37.5 Å². The number of carbonyl (C=O) groups is 1. The van der Waals surface area contributed by atoms with Crippen LogP contribution in [-0.2, 0) is 12.8 Å². The van der Waals surface area contributed by atoms with Crippen molar-refractivity contribution in [1.29, 1.82) is 0 Å². The van der Waals surface area contributed by atoms with Crippen molar-refractivity contribution in [3.63, 3.8) is 0 Å². The Morgan fingerprint density at radius 3 is 2.59 bits per heavy atom. The first-order valence-corrected chi connectivity index (χ1v) is 11.6. The number of pyridine rings is 1. The highest BCUT2D eigenvalue weighted by Crippen LogP contribution is 2.39. The first-order valence-electron chi connectivity index (χ1n) is 11.6. The van der Waals surface area contributed by atoms with Gasteiger partial charge in [0.2, 0.25) is 0 Å². The summed E-state index contributed by atoms with van der Waals surface area (Å²) in [6, 6.07) is 15.8. The van der Waals surface area contributed by atoms with Crippen LogP contribution in [0.2, 0.25) is 0 Å². The third kappa shape index (κ3) is 4.34. The first kappa shape index (κ1) is 22.3. The summed E-state index contributed by atoms with van der Waals surface area (Å²) in [4.78, 5) is 19.4. The van der Waals surface area contributed by atoms with E-state index in [0.29, 0.717) is 17.9 Å². The summed E-state index contributed by atoms with van der Waals surface area (Å²) in [6.45, 7) is -0.431. The number of rotatable bonds is 7. The number of anilines is 3. The van der Waals surface area contributed by atoms with Crippen molar-refractivity contribution in [2.24, 2.45) is 0 Å². The van der Waals surface area contributed by atoms with Crippen molar-refractivity contribution in [3.05, 3.63) is 83.2 Å². The van der Waals surface area contributed by atoms with Gasteiger partial charge in [-0.25, -0.2) is 13.6 Å². The van der Waals surface area contributed by atoms with Crippen LogP contribution in [0.25, 0.3) is 0 Å². The van der Waals surface area contributed by atoms with Gasteiger partial charge in [0.25, 0.3) is 5.92 Å². The van der Waals surface area contributed by atoms with Gasteiger partial charge in [0.1, 0.15) is 0 Å². The van der Waals surface area contributed by atoms with Crippen molar-refractivity contribution >= 4 is 23.0 Å². The van der Waals surface area contributed by atoms with Gasteiger partial charge in [-0.3, -0.25) is 4.98 Å². The Morgan fingerprint density at radius 1 is 1.15 bits per heavy atom. The van der Waals surface area contributed by atoms with Crippen molar-refractivity contribution in [1.82, 2.24) is 4.98 Å². The second-order valence-corrected chi connectivity index (χ2v) is 9.28. The number of carboxylic acids is 1. The molecule has 2 heterocycles. The predicted octanol–water partition coefficient (Wildman–Crippen LogP) is 5.67. The highest BCUT2D eigenvalue weighted by atomic mass is 19.3. The topological polar surface area (TPSA) is 56.7 Å². The lowest BCUT2D eigenvalue weighted by Gasteiger charge is -2.40. The summed E-state index contributed by atoms with van der Waals surface area (Å²) in [7, 11) is 2.01. The SMILES string of the molecule is CN(c1ccc(N2CC(F)(F)C2)cc1)c1ccc2c(c1)CC[C@H]2CCc1cnccc1C(=O)O. The minimum Gasteiger partial charge on any atom is -0.478 e. The van der Waals surface area contributed by atoms with Crippen LogP contribution in [0.5, 0.6) is 0 Å². The molecule has 0 bridgehead atoms. The lowest BCUT2D eigenvalue weighted by atomic mass is 9.93. The molecular formula is C27H27F2N3O2. The smallest absolute Gasteiger partial charge is 0.336 e. The Balaban J connectivity index is 1.25. The Labute approximate surface area is 197 Å². The van der Waals surface area contributed by atoms with E-state index in [0.717, 1.165) is 41.9 Å². The van der Waals surface area contributed by atoms with E-state index in [1.54, 1.807) is 17.2 Å². The fraction of sp³-hybridized carbons (Fsp3) is 0.333. The zero-order chi connectivity index (χ0) is 23.9. The molecule has 0 spiro atoms. The van der Waals surface area contributed by atoms with E-state index in [1.807, 2.05) is 31.3 Å². The highest BCUT2D eigenvalue weighted by Gasteiger charge is 2.43. The van der Waals surface area contributed by atoms with Gasteiger partial charge >= 0.3 is 5.97 Å². The number of nitrogens with zero attached hydrogens (tertiary/aromatic N) is 3. The van der Waals surface area contributed by atoms with Crippen molar-refractivity contribution < 1.29 is 18.7 Å². The Hall–Kier alpha value is -3.48. The molecule has 0 radical (unpaired) electrons. The monoisotopic (exact) mass is 463 g/mol. The van der Waals surface area contributed by atoms with Gasteiger partial charge in [-0.05, 0) is 90.8 Å². The summed E-state index contributed by atoms with van der Waals surface area (Å²) < 4.78 is 26.3. The minimum atomic E-state index is -2.58. The molecule has 7 heteroatoms. The van der Waals surface area contributed by atoms with Crippen molar-refractivity contribution in [3.8, 4) is 0 Å². The standard InChI is InChI=1S/C27H27F2N3O2/c1-31(21-6-8-22(9-7-21)32-16-27(28,29)17-32)23-10-11-24-18(2-4-19(24)14-23)3-5-20-15-30-13-12-25(20)26(33)34/h6-15,18H,2-5,16-17H2,1H3,(H,33,34)/t18-/m0/s1. The summed E-state index contributed by atoms with van der Waals surface area (Å²) in [5.41, 5.74) is 6.69. The van der Waals surface area contributed by atoms with Gasteiger partial charge in [0.05, 0.1) is 18.7 Å². The molecule has 1 fully saturated rings. The second kappa shape index (κ2) is 8.70. The normalized spacial score (nSPS) is 18.3. The third-order valence-corrected chi connectivity index (χ3v) is 7.06. The average Bonchev–Trinajstić information content (AvgIpc) is 3.23. The molecule has 2 aromatic carbocycles. The number of aromatic nitrogens is 1. The number of aryl methyl sites for hydroxylation is 2. The maximum atomic E-state index is 13.1. The highest BCUT2D eigenvalue weighted by molar-refractivity contribution is 5.89. The lowest BCUT2D eigenvalue weighted by Crippen LogP contribution is -2.56. The van der Waals surface area contributed by atoms with Crippen LogP contribution >= 0.6 is 0 Å². The van der Waals surface area contributed by atoms with Crippen LogP contribution < -0.4 is 9.80 Å². The van der Waals surface area contributed by atoms with Gasteiger partial charge < -0.3 is 14.9 Å². The molecule has 1 saturated heterocycles. The fourth-order valence-corrected chi connectivity index (χ4v) is 5.10. The second-order valence-electron chi connectivity index (χ2n) is 9.28. The molecule has 3 aromatic rings. The van der Waals surface area contributed by atoms with Gasteiger partial charge in [-0.1, -0.05) is 6.07 Å². The summed E-state index contributed by atoms with van der Waals surface area (Å²) in [5.74, 6) is -3.08. The molecule has 1 aromatic heterocycles. The van der Waals surface area contributed by atoms with Gasteiger partial charge in [0, 0.05) is 36.5 Å². The van der Waals surface area contributed by atoms with E-state index in [1.165, 1.54) is 17.3 Å². The summed E-state index contributed by atoms with van der Waals surface area (Å²) in [5, 5.41) is 9.41. The van der Waals surface area contributed by atoms with Crippen molar-refractivity contribution in [2.75, 3.05) is 29.9 Å². The number of halogens is 2. The molecule has 176 valence electrons. The van der Waals surface area contributed by atoms with Crippen LogP contribution in [0, 0.1) is 0 Å². The number of hydrogen-bond donors (Lipinski definition) is 1. The molecule has 0 saturated carbocycles. The third-order valence-electron chi connectivity index (χ3n) is 7.06. The van der Waals surface area contributed by atoms with Crippen LogP contribution in [0.1, 0.15) is 45.8 Å². The lowest BCUT2D eigenvalue weighted by molar-refractivity contribution is -0.0262. The maximum absolute atomic E-state index is 13.1. The van der Waals surface area contributed by atoms with Crippen LogP contribution in [-0.4, -0.2) is 42.1 Å². The summed E-state index contributed by atoms with van der Waals surface area (Å²) in [6.07, 6.45) is 6.83. The zero-order valence-electron chi connectivity index (χ0n) is 19.0. The zero-order valence-corrected chi connectivity index (χ0v) is 19.0. The Morgan fingerprint density at radius 2 is 1.88 bits per heavy atom. The van der Waals surface area contributed by atoms with Gasteiger partial charge in [0.15, 0.2) is 0 Å². The number of alkyl halides is 2. The maximum Gasteiger partial charge on any atom is 0.336 e. The molecule has 5 nitrogen and oxygen atoms in total. The van der Waals surface area contributed by atoms with Crippen LogP contribution in [0.3, 0.4) is 0 Å². The first-order chi connectivity index (χ1) is 16.3. The predicted molar refractivity (Wildman–Crippen MR) is 129 cm³/mol. The van der Waals surface area contributed by atoms with Gasteiger partial charge in [-0.2, -0.15) is 0 Å². The van der Waals surface area contributed by atoms with Gasteiger partial charge in [-0.15, -0.1) is 0 Å². The molecule has 1 aliphatic carbocycles. The molecule has 0 unspecified atom stereocenters. The number of fused-ring (bicyclic) bond motifs is 1. The average molecular weight is 464 g/mol. The van der Waals surface area contributed by atoms with E-state index in [2.05, 4.69) is 28.1 Å². The Kier molecular flexibility index (Phi) is 5.71. The van der Waals surface area contributed by atoms with Crippen LogP contribution in [0.4, 0.5) is 25.8 Å². The number of hydrogen-bond acceptors (Lipinski definition) is 4. The quantitative estimate of drug-likeness (QED) is 0.490. The molecule has 1 aliphatic heterocycles. The van der Waals surface area contributed by atoms with E-state index in [4.69, 9.17) is 0 Å². The van der Waals surface area contributed by atoms with E-state index in [9.17, 15) is 18.7 Å². The molecule has 1 atom stereocenters. The molecule has 2 aliphatic rings. The van der Waals surface area contributed by atoms with Crippen LogP contribution in [0.15, 0.2) is 60.9 Å².